The fourth-order valence-corrected chi connectivity index (χ4v) is 0.584. The van der Waals surface area contributed by atoms with Crippen molar-refractivity contribution in [3.63, 3.8) is 0 Å². The highest BCUT2D eigenvalue weighted by Gasteiger charge is 2.09. The van der Waals surface area contributed by atoms with E-state index < -0.39 is 24.2 Å². The van der Waals surface area contributed by atoms with E-state index in [0.717, 1.165) is 0 Å². The van der Waals surface area contributed by atoms with Gasteiger partial charge in [0.25, 0.3) is 5.91 Å². The van der Waals surface area contributed by atoms with Gasteiger partial charge in [-0.15, -0.1) is 0 Å². The Kier molecular flexibility index (Phi) is 5.25. The summed E-state index contributed by atoms with van der Waals surface area (Å²) in [4.78, 5) is 31.6. The lowest BCUT2D eigenvalue weighted by Crippen LogP contribution is -2.31. The summed E-state index contributed by atoms with van der Waals surface area (Å²) in [6, 6.07) is 0. The van der Waals surface area contributed by atoms with Crippen LogP contribution in [-0.2, 0) is 19.1 Å². The topological polar surface area (TPSA) is 96.3 Å². The molecule has 0 atom stereocenters. The molecule has 2 amide bonds. The average Bonchev–Trinajstić information content (AvgIpc) is 2.01. The van der Waals surface area contributed by atoms with Crippen LogP contribution in [0.3, 0.4) is 0 Å². The average molecular weight is 187 g/mol. The Morgan fingerprint density at radius 1 is 1.38 bits per heavy atom. The van der Waals surface area contributed by atoms with Crippen molar-refractivity contribution in [1.29, 1.82) is 0 Å². The van der Waals surface area contributed by atoms with Crippen molar-refractivity contribution in [3.8, 4) is 0 Å². The highest BCUT2D eigenvalue weighted by atomic mass is 16.5. The molecule has 0 spiro atoms. The molecule has 0 aromatic carbocycles. The Balaban J connectivity index is 3.62. The van der Waals surface area contributed by atoms with Crippen LogP contribution in [0, 0.1) is 0 Å². The number of hydrogen-bond acceptors (Lipinski definition) is 4. The standard InChI is InChI=1S/C7H11N2O4/c1-2-13-7(12)3-6(11)9-4-5(8)10/h8H,2-4H2,1H3,(H,9,11). The lowest BCUT2D eigenvalue weighted by molar-refractivity contribution is -0.146. The van der Waals surface area contributed by atoms with Gasteiger partial charge in [0.2, 0.25) is 5.91 Å². The maximum Gasteiger partial charge on any atom is 0.315 e. The Hall–Kier alpha value is -1.59. The van der Waals surface area contributed by atoms with Gasteiger partial charge in [-0.2, -0.15) is 0 Å². The number of ether oxygens (including phenoxy) is 1. The SMILES string of the molecule is CCOC(=O)CC(=O)NCC([NH])=O. The van der Waals surface area contributed by atoms with Gasteiger partial charge < -0.3 is 10.1 Å². The second-order valence-corrected chi connectivity index (χ2v) is 2.18. The van der Waals surface area contributed by atoms with E-state index in [1.165, 1.54) is 0 Å². The van der Waals surface area contributed by atoms with E-state index in [2.05, 4.69) is 10.1 Å². The minimum absolute atomic E-state index is 0.212. The van der Waals surface area contributed by atoms with E-state index in [4.69, 9.17) is 5.73 Å². The molecule has 0 unspecified atom stereocenters. The summed E-state index contributed by atoms with van der Waals surface area (Å²) in [5.74, 6) is -2.16. The van der Waals surface area contributed by atoms with Crippen LogP contribution in [0.2, 0.25) is 0 Å². The first-order chi connectivity index (χ1) is 6.06. The van der Waals surface area contributed by atoms with E-state index in [9.17, 15) is 14.4 Å². The van der Waals surface area contributed by atoms with Gasteiger partial charge >= 0.3 is 5.97 Å². The van der Waals surface area contributed by atoms with Crippen LogP contribution in [0.15, 0.2) is 0 Å². The fourth-order valence-electron chi connectivity index (χ4n) is 0.584. The Morgan fingerprint density at radius 2 is 2.00 bits per heavy atom. The third-order valence-electron chi connectivity index (χ3n) is 1.06. The molecule has 6 heteroatoms. The first-order valence-corrected chi connectivity index (χ1v) is 3.73. The lowest BCUT2D eigenvalue weighted by Gasteiger charge is -2.01. The molecule has 0 aliphatic heterocycles. The Morgan fingerprint density at radius 3 is 2.46 bits per heavy atom. The zero-order valence-electron chi connectivity index (χ0n) is 7.25. The number of carbonyl (C=O) groups excluding carboxylic acids is 3. The van der Waals surface area contributed by atoms with Gasteiger partial charge in [-0.05, 0) is 6.92 Å². The molecule has 13 heavy (non-hydrogen) atoms. The minimum Gasteiger partial charge on any atom is -0.466 e. The zero-order valence-corrected chi connectivity index (χ0v) is 7.25. The maximum atomic E-state index is 10.8. The summed E-state index contributed by atoms with van der Waals surface area (Å²) < 4.78 is 4.49. The molecular weight excluding hydrogens is 176 g/mol. The Bertz CT molecular complexity index is 215. The third kappa shape index (κ3) is 6.79. The second kappa shape index (κ2) is 5.99. The van der Waals surface area contributed by atoms with E-state index in [-0.39, 0.29) is 13.2 Å². The van der Waals surface area contributed by atoms with Crippen molar-refractivity contribution < 1.29 is 19.1 Å². The van der Waals surface area contributed by atoms with Gasteiger partial charge in [-0.1, -0.05) is 0 Å². The minimum atomic E-state index is -0.905. The second-order valence-electron chi connectivity index (χ2n) is 2.18. The van der Waals surface area contributed by atoms with Crippen molar-refractivity contribution in [2.24, 2.45) is 0 Å². The number of esters is 1. The zero-order chi connectivity index (χ0) is 10.3. The summed E-state index contributed by atoms with van der Waals surface area (Å²) in [7, 11) is 0. The molecule has 0 rings (SSSR count). The Labute approximate surface area is 75.4 Å². The predicted molar refractivity (Wildman–Crippen MR) is 42.4 cm³/mol. The van der Waals surface area contributed by atoms with Crippen LogP contribution in [0.1, 0.15) is 13.3 Å². The van der Waals surface area contributed by atoms with Gasteiger partial charge in [0, 0.05) is 0 Å². The molecule has 0 aromatic rings. The van der Waals surface area contributed by atoms with Gasteiger partial charge in [0.15, 0.2) is 0 Å². The van der Waals surface area contributed by atoms with Crippen LogP contribution < -0.4 is 11.1 Å². The summed E-state index contributed by atoms with van der Waals surface area (Å²) in [5, 5.41) is 2.09. The number of hydrogen-bond donors (Lipinski definition) is 1. The summed E-state index contributed by atoms with van der Waals surface area (Å²) in [5.41, 5.74) is 6.46. The van der Waals surface area contributed by atoms with E-state index in [1.807, 2.05) is 0 Å². The highest BCUT2D eigenvalue weighted by Crippen LogP contribution is 1.85. The molecule has 1 radical (unpaired) electrons. The molecule has 0 bridgehead atoms. The molecular formula is C7H11N2O4. The maximum absolute atomic E-state index is 10.8. The molecule has 73 valence electrons. The summed E-state index contributed by atoms with van der Waals surface area (Å²) in [6.45, 7) is 1.46. The van der Waals surface area contributed by atoms with Crippen molar-refractivity contribution in [3.05, 3.63) is 0 Å². The van der Waals surface area contributed by atoms with E-state index >= 15 is 0 Å². The number of nitrogens with one attached hydrogen (secondary N) is 2. The molecule has 0 aromatic heterocycles. The monoisotopic (exact) mass is 187 g/mol. The molecule has 0 aliphatic carbocycles. The van der Waals surface area contributed by atoms with Gasteiger partial charge in [-0.3, -0.25) is 20.1 Å². The first kappa shape index (κ1) is 11.4. The van der Waals surface area contributed by atoms with Crippen LogP contribution in [-0.4, -0.2) is 30.9 Å². The largest absolute Gasteiger partial charge is 0.466 e. The van der Waals surface area contributed by atoms with Crippen molar-refractivity contribution >= 4 is 17.8 Å². The molecule has 0 aliphatic rings. The van der Waals surface area contributed by atoms with Crippen molar-refractivity contribution in [2.45, 2.75) is 13.3 Å². The number of rotatable bonds is 5. The van der Waals surface area contributed by atoms with Crippen LogP contribution >= 0.6 is 0 Å². The first-order valence-electron chi connectivity index (χ1n) is 3.73. The van der Waals surface area contributed by atoms with Crippen molar-refractivity contribution in [1.82, 2.24) is 11.1 Å². The predicted octanol–water partition coefficient (Wildman–Crippen LogP) is -1.13. The summed E-state index contributed by atoms with van der Waals surface area (Å²) >= 11 is 0. The van der Waals surface area contributed by atoms with Gasteiger partial charge in [0.05, 0.1) is 13.2 Å². The van der Waals surface area contributed by atoms with E-state index in [1.54, 1.807) is 6.92 Å². The molecule has 0 saturated heterocycles. The van der Waals surface area contributed by atoms with Gasteiger partial charge in [-0.25, -0.2) is 0 Å². The molecule has 6 nitrogen and oxygen atoms in total. The summed E-state index contributed by atoms with van der Waals surface area (Å²) in [6.07, 6.45) is -0.416. The molecule has 0 fully saturated rings. The quantitative estimate of drug-likeness (QED) is 0.435. The van der Waals surface area contributed by atoms with Crippen LogP contribution in [0.25, 0.3) is 0 Å². The fraction of sp³-hybridized carbons (Fsp3) is 0.571. The number of carbonyl (C=O) groups is 3. The normalized spacial score (nSPS) is 9.00. The lowest BCUT2D eigenvalue weighted by atomic mass is 10.4. The van der Waals surface area contributed by atoms with Crippen LogP contribution in [0.5, 0.6) is 0 Å². The smallest absolute Gasteiger partial charge is 0.315 e. The molecule has 2 N–H and O–H groups in total. The van der Waals surface area contributed by atoms with Crippen LogP contribution in [0.4, 0.5) is 0 Å². The number of amides is 2. The molecule has 0 saturated carbocycles. The van der Waals surface area contributed by atoms with E-state index in [0.29, 0.717) is 0 Å². The molecule has 0 heterocycles. The highest BCUT2D eigenvalue weighted by molar-refractivity contribution is 5.95. The third-order valence-corrected chi connectivity index (χ3v) is 1.06. The van der Waals surface area contributed by atoms with Crippen molar-refractivity contribution in [2.75, 3.05) is 13.2 Å². The van der Waals surface area contributed by atoms with Gasteiger partial charge in [0.1, 0.15) is 6.42 Å².